The summed E-state index contributed by atoms with van der Waals surface area (Å²) < 4.78 is 34.2. The molecule has 1 aromatic carbocycles. The van der Waals surface area contributed by atoms with Gasteiger partial charge in [0.1, 0.15) is 11.5 Å². The third-order valence-corrected chi connectivity index (χ3v) is 5.60. The van der Waals surface area contributed by atoms with Crippen LogP contribution in [0, 0.1) is 0 Å². The van der Waals surface area contributed by atoms with Crippen molar-refractivity contribution in [1.82, 2.24) is 19.1 Å². The maximum Gasteiger partial charge on any atom is 0.360 e. The molecule has 11 nitrogen and oxygen atoms in total. The molecule has 2 heterocycles. The first-order chi connectivity index (χ1) is 12.8. The van der Waals surface area contributed by atoms with E-state index < -0.39 is 21.7 Å². The van der Waals surface area contributed by atoms with Crippen molar-refractivity contribution >= 4 is 33.7 Å². The molecule has 1 N–H and O–H groups in total. The summed E-state index contributed by atoms with van der Waals surface area (Å²) in [5.74, 6) is -0.0191. The van der Waals surface area contributed by atoms with Gasteiger partial charge in [-0.15, -0.1) is 9.78 Å². The van der Waals surface area contributed by atoms with Gasteiger partial charge in [0.25, 0.3) is 15.9 Å². The number of carbonyl (C=O) groups is 1. The summed E-state index contributed by atoms with van der Waals surface area (Å²) in [5.41, 5.74) is -0.649. The zero-order chi connectivity index (χ0) is 19.6. The van der Waals surface area contributed by atoms with E-state index in [1.165, 1.54) is 25.2 Å². The fourth-order valence-corrected chi connectivity index (χ4v) is 3.90. The minimum Gasteiger partial charge on any atom is -0.471 e. The van der Waals surface area contributed by atoms with E-state index in [9.17, 15) is 18.0 Å². The van der Waals surface area contributed by atoms with E-state index in [2.05, 4.69) is 10.3 Å². The number of amides is 1. The molecule has 0 saturated carbocycles. The summed E-state index contributed by atoms with van der Waals surface area (Å²) in [6, 6.07) is 4.61. The zero-order valence-electron chi connectivity index (χ0n) is 14.3. The summed E-state index contributed by atoms with van der Waals surface area (Å²) in [4.78, 5) is 29.1. The van der Waals surface area contributed by atoms with Crippen LogP contribution < -0.4 is 10.4 Å². The molecule has 0 radical (unpaired) electrons. The van der Waals surface area contributed by atoms with Crippen LogP contribution in [0.25, 0.3) is 0 Å². The largest absolute Gasteiger partial charge is 0.471 e. The van der Waals surface area contributed by atoms with Crippen LogP contribution in [-0.2, 0) is 26.6 Å². The molecule has 0 bridgehead atoms. The standard InChI is InChI=1S/C14H15N5O6S2/c1-18-13(26-2)15-19(14(18)21)12(20)17-27(22,23)10-6-4-3-5-9(10)11-16-25-8-7-24-11/h3-6H,7-8H2,1-2H3,(H,17,20). The summed E-state index contributed by atoms with van der Waals surface area (Å²) >= 11 is 1.14. The van der Waals surface area contributed by atoms with E-state index in [0.29, 0.717) is 4.68 Å². The van der Waals surface area contributed by atoms with Crippen molar-refractivity contribution in [1.29, 1.82) is 0 Å². The van der Waals surface area contributed by atoms with Crippen molar-refractivity contribution in [2.45, 2.75) is 10.1 Å². The van der Waals surface area contributed by atoms with Gasteiger partial charge in [-0.1, -0.05) is 23.9 Å². The Bertz CT molecular complexity index is 1070. The Morgan fingerprint density at radius 3 is 2.67 bits per heavy atom. The van der Waals surface area contributed by atoms with E-state index in [1.54, 1.807) is 12.3 Å². The lowest BCUT2D eigenvalue weighted by molar-refractivity contribution is 0.0653. The number of rotatable bonds is 4. The molecular weight excluding hydrogens is 398 g/mol. The van der Waals surface area contributed by atoms with Crippen LogP contribution in [0.4, 0.5) is 4.79 Å². The minimum atomic E-state index is -4.35. The van der Waals surface area contributed by atoms with Gasteiger partial charge in [-0.05, 0) is 23.5 Å². The molecule has 144 valence electrons. The third kappa shape index (κ3) is 3.68. The number of benzene rings is 1. The van der Waals surface area contributed by atoms with Gasteiger partial charge in [-0.2, -0.15) is 0 Å². The van der Waals surface area contributed by atoms with Crippen LogP contribution in [-0.4, -0.2) is 54.2 Å². The summed E-state index contributed by atoms with van der Waals surface area (Å²) in [7, 11) is -2.92. The molecule has 1 aliphatic heterocycles. The van der Waals surface area contributed by atoms with E-state index in [1.807, 2.05) is 4.72 Å². The highest BCUT2D eigenvalue weighted by molar-refractivity contribution is 7.98. The average molecular weight is 413 g/mol. The molecule has 1 amide bonds. The number of hydrogen-bond donors (Lipinski definition) is 1. The molecular formula is C14H15N5O6S2. The van der Waals surface area contributed by atoms with Gasteiger partial charge >= 0.3 is 11.7 Å². The monoisotopic (exact) mass is 413 g/mol. The molecule has 0 aliphatic carbocycles. The summed E-state index contributed by atoms with van der Waals surface area (Å²) in [6.45, 7) is 0.454. The van der Waals surface area contributed by atoms with Crippen molar-refractivity contribution in [3.8, 4) is 0 Å². The van der Waals surface area contributed by atoms with Crippen LogP contribution in [0.1, 0.15) is 5.56 Å². The molecule has 3 rings (SSSR count). The molecule has 0 spiro atoms. The van der Waals surface area contributed by atoms with E-state index in [4.69, 9.17) is 9.57 Å². The number of carbonyl (C=O) groups excluding carboxylic acids is 1. The topological polar surface area (TPSA) is 134 Å². The van der Waals surface area contributed by atoms with Crippen molar-refractivity contribution in [2.75, 3.05) is 19.5 Å². The smallest absolute Gasteiger partial charge is 0.360 e. The van der Waals surface area contributed by atoms with Gasteiger partial charge in [0.15, 0.2) is 11.8 Å². The lowest BCUT2D eigenvalue weighted by atomic mass is 10.2. The van der Waals surface area contributed by atoms with E-state index in [-0.39, 0.29) is 34.7 Å². The first-order valence-corrected chi connectivity index (χ1v) is 10.3. The van der Waals surface area contributed by atoms with Crippen molar-refractivity contribution in [3.63, 3.8) is 0 Å². The Hall–Kier alpha value is -2.80. The molecule has 0 unspecified atom stereocenters. The molecule has 13 heteroatoms. The molecule has 1 aromatic heterocycles. The van der Waals surface area contributed by atoms with Crippen molar-refractivity contribution in [3.05, 3.63) is 40.3 Å². The highest BCUT2D eigenvalue weighted by Crippen LogP contribution is 2.18. The highest BCUT2D eigenvalue weighted by atomic mass is 32.2. The quantitative estimate of drug-likeness (QED) is 0.690. The van der Waals surface area contributed by atoms with E-state index >= 15 is 0 Å². The normalized spacial score (nSPS) is 14.1. The number of oxime groups is 1. The zero-order valence-corrected chi connectivity index (χ0v) is 15.9. The fraction of sp³-hybridized carbons (Fsp3) is 0.286. The lowest BCUT2D eigenvalue weighted by Crippen LogP contribution is -2.40. The average Bonchev–Trinajstić information content (AvgIpc) is 2.97. The summed E-state index contributed by atoms with van der Waals surface area (Å²) in [5, 5.41) is 7.76. The predicted molar refractivity (Wildman–Crippen MR) is 95.2 cm³/mol. The molecule has 0 atom stereocenters. The van der Waals surface area contributed by atoms with Crippen LogP contribution >= 0.6 is 11.8 Å². The van der Waals surface area contributed by atoms with Gasteiger partial charge in [-0.3, -0.25) is 4.57 Å². The number of hydrogen-bond acceptors (Lipinski definition) is 9. The van der Waals surface area contributed by atoms with Crippen molar-refractivity contribution < 1.29 is 22.8 Å². The van der Waals surface area contributed by atoms with Gasteiger partial charge in [0.05, 0.1) is 5.56 Å². The van der Waals surface area contributed by atoms with Crippen LogP contribution in [0.15, 0.2) is 44.3 Å². The maximum absolute atomic E-state index is 12.7. The Labute approximate surface area is 158 Å². The Balaban J connectivity index is 1.95. The Morgan fingerprint density at radius 1 is 1.30 bits per heavy atom. The number of nitrogens with zero attached hydrogens (tertiary/aromatic N) is 4. The predicted octanol–water partition coefficient (Wildman–Crippen LogP) is -0.0413. The maximum atomic E-state index is 12.7. The number of ether oxygens (including phenoxy) is 1. The SMILES string of the molecule is CSc1nn(C(=O)NS(=O)(=O)c2ccccc2C2=NOCCO2)c(=O)n1C. The van der Waals surface area contributed by atoms with Gasteiger partial charge < -0.3 is 9.57 Å². The molecule has 27 heavy (non-hydrogen) atoms. The van der Waals surface area contributed by atoms with Crippen LogP contribution in [0.5, 0.6) is 0 Å². The molecule has 0 saturated heterocycles. The first kappa shape index (κ1) is 19.0. The Kier molecular flexibility index (Phi) is 5.23. The summed E-state index contributed by atoms with van der Waals surface area (Å²) in [6.07, 6.45) is 1.67. The molecule has 2 aromatic rings. The second-order valence-electron chi connectivity index (χ2n) is 5.23. The van der Waals surface area contributed by atoms with E-state index in [0.717, 1.165) is 16.3 Å². The molecule has 0 fully saturated rings. The number of sulfonamides is 1. The third-order valence-electron chi connectivity index (χ3n) is 3.51. The minimum absolute atomic E-state index is 0.0191. The number of thioether (sulfide) groups is 1. The van der Waals surface area contributed by atoms with Gasteiger partial charge in [0, 0.05) is 7.05 Å². The number of nitrogens with one attached hydrogen (secondary N) is 1. The first-order valence-electron chi connectivity index (χ1n) is 7.54. The second kappa shape index (κ2) is 7.44. The fourth-order valence-electron chi connectivity index (χ4n) is 2.25. The van der Waals surface area contributed by atoms with Gasteiger partial charge in [-0.25, -0.2) is 22.7 Å². The van der Waals surface area contributed by atoms with Gasteiger partial charge in [0.2, 0.25) is 0 Å². The van der Waals surface area contributed by atoms with Crippen molar-refractivity contribution in [2.24, 2.45) is 12.2 Å². The Morgan fingerprint density at radius 2 is 2.04 bits per heavy atom. The lowest BCUT2D eigenvalue weighted by Gasteiger charge is -2.16. The van der Waals surface area contributed by atoms with Crippen LogP contribution in [0.2, 0.25) is 0 Å². The number of aromatic nitrogens is 3. The van der Waals surface area contributed by atoms with Crippen LogP contribution in [0.3, 0.4) is 0 Å². The molecule has 1 aliphatic rings. The highest BCUT2D eigenvalue weighted by Gasteiger charge is 2.27. The second-order valence-corrected chi connectivity index (χ2v) is 7.65.